The molecule has 0 amide bonds. The Balaban J connectivity index is 2.45. The topological polar surface area (TPSA) is 9.23 Å². The number of aryl methyl sites for hydroxylation is 2. The molecule has 0 saturated heterocycles. The first-order valence-electron chi connectivity index (χ1n) is 5.44. The maximum absolute atomic E-state index is 5.72. The zero-order valence-electron chi connectivity index (χ0n) is 9.47. The van der Waals surface area contributed by atoms with Crippen molar-refractivity contribution in [2.45, 2.75) is 40.0 Å². The van der Waals surface area contributed by atoms with Gasteiger partial charge in [-0.1, -0.05) is 31.9 Å². The summed E-state index contributed by atoms with van der Waals surface area (Å²) < 4.78 is 5.72. The molecule has 1 aromatic rings. The number of benzene rings is 1. The Morgan fingerprint density at radius 2 is 1.93 bits per heavy atom. The zero-order chi connectivity index (χ0) is 10.4. The SMILES string of the molecule is CCCCCOc1cc(C)ccc1C. The van der Waals surface area contributed by atoms with E-state index in [9.17, 15) is 0 Å². The lowest BCUT2D eigenvalue weighted by Gasteiger charge is -2.09. The van der Waals surface area contributed by atoms with Gasteiger partial charge in [-0.3, -0.25) is 0 Å². The third kappa shape index (κ3) is 3.41. The Kier molecular flexibility index (Phi) is 4.51. The molecule has 0 unspecified atom stereocenters. The van der Waals surface area contributed by atoms with Gasteiger partial charge in [0.1, 0.15) is 5.75 Å². The van der Waals surface area contributed by atoms with Crippen molar-refractivity contribution in [2.75, 3.05) is 6.61 Å². The van der Waals surface area contributed by atoms with Gasteiger partial charge < -0.3 is 4.74 Å². The van der Waals surface area contributed by atoms with Crippen LogP contribution in [0.4, 0.5) is 0 Å². The first-order chi connectivity index (χ1) is 6.74. The molecule has 0 aliphatic heterocycles. The minimum Gasteiger partial charge on any atom is -0.493 e. The van der Waals surface area contributed by atoms with Crippen molar-refractivity contribution in [3.8, 4) is 5.75 Å². The number of unbranched alkanes of at least 4 members (excludes halogenated alkanes) is 2. The molecular formula is C13H20O. The lowest BCUT2D eigenvalue weighted by atomic mass is 10.1. The van der Waals surface area contributed by atoms with Crippen molar-refractivity contribution < 1.29 is 4.74 Å². The molecule has 1 heteroatoms. The first kappa shape index (κ1) is 11.1. The van der Waals surface area contributed by atoms with E-state index in [2.05, 4.69) is 39.0 Å². The van der Waals surface area contributed by atoms with E-state index < -0.39 is 0 Å². The molecule has 0 fully saturated rings. The van der Waals surface area contributed by atoms with Crippen molar-refractivity contribution in [1.29, 1.82) is 0 Å². The first-order valence-corrected chi connectivity index (χ1v) is 5.44. The predicted molar refractivity (Wildman–Crippen MR) is 60.9 cm³/mol. The van der Waals surface area contributed by atoms with Gasteiger partial charge in [0, 0.05) is 0 Å². The van der Waals surface area contributed by atoms with E-state index in [1.165, 1.54) is 24.0 Å². The minimum absolute atomic E-state index is 0.845. The van der Waals surface area contributed by atoms with Crippen LogP contribution < -0.4 is 4.74 Å². The molecule has 78 valence electrons. The second kappa shape index (κ2) is 5.69. The summed E-state index contributed by atoms with van der Waals surface area (Å²) in [4.78, 5) is 0. The fraction of sp³-hybridized carbons (Fsp3) is 0.538. The van der Waals surface area contributed by atoms with E-state index in [0.29, 0.717) is 0 Å². The van der Waals surface area contributed by atoms with Gasteiger partial charge in [-0.15, -0.1) is 0 Å². The Hall–Kier alpha value is -0.980. The molecule has 0 N–H and O–H groups in total. The molecule has 1 aromatic carbocycles. The average Bonchev–Trinajstić information content (AvgIpc) is 2.18. The molecule has 0 aliphatic carbocycles. The van der Waals surface area contributed by atoms with Crippen LogP contribution in [0, 0.1) is 13.8 Å². The second-order valence-electron chi connectivity index (χ2n) is 3.82. The van der Waals surface area contributed by atoms with Gasteiger partial charge in [0.15, 0.2) is 0 Å². The van der Waals surface area contributed by atoms with Gasteiger partial charge in [0.2, 0.25) is 0 Å². The van der Waals surface area contributed by atoms with Crippen LogP contribution in [-0.2, 0) is 0 Å². The van der Waals surface area contributed by atoms with Gasteiger partial charge in [0.05, 0.1) is 6.61 Å². The van der Waals surface area contributed by atoms with Crippen LogP contribution in [0.25, 0.3) is 0 Å². The highest BCUT2D eigenvalue weighted by Crippen LogP contribution is 2.19. The molecule has 0 spiro atoms. The van der Waals surface area contributed by atoms with E-state index in [1.807, 2.05) is 0 Å². The van der Waals surface area contributed by atoms with Crippen LogP contribution in [0.3, 0.4) is 0 Å². The van der Waals surface area contributed by atoms with Gasteiger partial charge >= 0.3 is 0 Å². The maximum atomic E-state index is 5.72. The van der Waals surface area contributed by atoms with Gasteiger partial charge in [-0.25, -0.2) is 0 Å². The van der Waals surface area contributed by atoms with E-state index in [4.69, 9.17) is 4.74 Å². The highest BCUT2D eigenvalue weighted by Gasteiger charge is 1.98. The molecule has 0 aliphatic rings. The smallest absolute Gasteiger partial charge is 0.122 e. The largest absolute Gasteiger partial charge is 0.493 e. The molecule has 1 nitrogen and oxygen atoms in total. The summed E-state index contributed by atoms with van der Waals surface area (Å²) in [7, 11) is 0. The quantitative estimate of drug-likeness (QED) is 0.643. The standard InChI is InChI=1S/C13H20O/c1-4-5-6-9-14-13-10-11(2)7-8-12(13)3/h7-8,10H,4-6,9H2,1-3H3. The van der Waals surface area contributed by atoms with Gasteiger partial charge in [-0.2, -0.15) is 0 Å². The average molecular weight is 192 g/mol. The molecule has 0 aromatic heterocycles. The third-order valence-electron chi connectivity index (χ3n) is 2.35. The molecule has 0 bridgehead atoms. The Bertz CT molecular complexity index is 279. The Morgan fingerprint density at radius 3 is 2.64 bits per heavy atom. The number of hydrogen-bond donors (Lipinski definition) is 0. The summed E-state index contributed by atoms with van der Waals surface area (Å²) in [6.07, 6.45) is 3.66. The van der Waals surface area contributed by atoms with Crippen LogP contribution in [0.1, 0.15) is 37.3 Å². The van der Waals surface area contributed by atoms with Crippen LogP contribution in [0.5, 0.6) is 5.75 Å². The minimum atomic E-state index is 0.845. The number of ether oxygens (including phenoxy) is 1. The lowest BCUT2D eigenvalue weighted by molar-refractivity contribution is 0.304. The molecule has 0 heterocycles. The Morgan fingerprint density at radius 1 is 1.14 bits per heavy atom. The van der Waals surface area contributed by atoms with Crippen LogP contribution in [0.15, 0.2) is 18.2 Å². The van der Waals surface area contributed by atoms with Crippen molar-refractivity contribution in [2.24, 2.45) is 0 Å². The number of hydrogen-bond acceptors (Lipinski definition) is 1. The van der Waals surface area contributed by atoms with Crippen molar-refractivity contribution in [3.63, 3.8) is 0 Å². The summed E-state index contributed by atoms with van der Waals surface area (Å²) in [5.41, 5.74) is 2.49. The van der Waals surface area contributed by atoms with E-state index in [0.717, 1.165) is 18.8 Å². The fourth-order valence-corrected chi connectivity index (χ4v) is 1.40. The molecule has 0 saturated carbocycles. The summed E-state index contributed by atoms with van der Waals surface area (Å²) >= 11 is 0. The Labute approximate surface area is 87.1 Å². The summed E-state index contributed by atoms with van der Waals surface area (Å²) in [5.74, 6) is 1.04. The maximum Gasteiger partial charge on any atom is 0.122 e. The second-order valence-corrected chi connectivity index (χ2v) is 3.82. The fourth-order valence-electron chi connectivity index (χ4n) is 1.40. The van der Waals surface area contributed by atoms with E-state index in [1.54, 1.807) is 0 Å². The van der Waals surface area contributed by atoms with Gasteiger partial charge in [-0.05, 0) is 37.5 Å². The van der Waals surface area contributed by atoms with E-state index in [-0.39, 0.29) is 0 Å². The van der Waals surface area contributed by atoms with Crippen LogP contribution >= 0.6 is 0 Å². The van der Waals surface area contributed by atoms with Crippen LogP contribution in [-0.4, -0.2) is 6.61 Å². The highest BCUT2D eigenvalue weighted by atomic mass is 16.5. The lowest BCUT2D eigenvalue weighted by Crippen LogP contribution is -1.98. The molecule has 1 rings (SSSR count). The predicted octanol–water partition coefficient (Wildman–Crippen LogP) is 3.87. The highest BCUT2D eigenvalue weighted by molar-refractivity contribution is 5.35. The van der Waals surface area contributed by atoms with Gasteiger partial charge in [0.25, 0.3) is 0 Å². The van der Waals surface area contributed by atoms with Crippen molar-refractivity contribution >= 4 is 0 Å². The summed E-state index contributed by atoms with van der Waals surface area (Å²) in [6.45, 7) is 7.24. The molecular weight excluding hydrogens is 172 g/mol. The van der Waals surface area contributed by atoms with Crippen molar-refractivity contribution in [3.05, 3.63) is 29.3 Å². The van der Waals surface area contributed by atoms with E-state index >= 15 is 0 Å². The van der Waals surface area contributed by atoms with Crippen LogP contribution in [0.2, 0.25) is 0 Å². The molecule has 0 atom stereocenters. The summed E-state index contributed by atoms with van der Waals surface area (Å²) in [5, 5.41) is 0. The normalized spacial score (nSPS) is 10.2. The zero-order valence-corrected chi connectivity index (χ0v) is 9.47. The third-order valence-corrected chi connectivity index (χ3v) is 2.35. The van der Waals surface area contributed by atoms with Crippen molar-refractivity contribution in [1.82, 2.24) is 0 Å². The molecule has 14 heavy (non-hydrogen) atoms. The summed E-state index contributed by atoms with van der Waals surface area (Å²) in [6, 6.07) is 6.35. The number of rotatable bonds is 5. The molecule has 0 radical (unpaired) electrons. The monoisotopic (exact) mass is 192 g/mol.